The highest BCUT2D eigenvalue weighted by Gasteiger charge is 2.31. The topological polar surface area (TPSA) is 44.1 Å². The van der Waals surface area contributed by atoms with Crippen LogP contribution in [0.3, 0.4) is 0 Å². The molecule has 1 saturated carbocycles. The molecule has 1 aliphatic rings. The third kappa shape index (κ3) is 3.62. The van der Waals surface area contributed by atoms with E-state index in [1.165, 1.54) is 0 Å². The molecular weight excluding hydrogens is 252 g/mol. The average molecular weight is 278 g/mol. The molecule has 112 valence electrons. The number of ether oxygens (including phenoxy) is 1. The van der Waals surface area contributed by atoms with Crippen molar-refractivity contribution in [3.8, 4) is 0 Å². The molecule has 1 heterocycles. The summed E-state index contributed by atoms with van der Waals surface area (Å²) in [4.78, 5) is 12.1. The van der Waals surface area contributed by atoms with Crippen molar-refractivity contribution in [2.24, 2.45) is 11.3 Å². The van der Waals surface area contributed by atoms with Gasteiger partial charge in [-0.15, -0.1) is 0 Å². The number of carbonyl (C=O) groups excluding carboxylic acids is 1. The van der Waals surface area contributed by atoms with Crippen LogP contribution in [0.1, 0.15) is 59.4 Å². The molecule has 0 aromatic carbocycles. The maximum atomic E-state index is 12.1. The normalized spacial score (nSPS) is 25.2. The van der Waals surface area contributed by atoms with E-state index in [2.05, 4.69) is 25.9 Å². The lowest BCUT2D eigenvalue weighted by molar-refractivity contribution is -0.155. The number of carbonyl (C=O) groups is 1. The van der Waals surface area contributed by atoms with Crippen molar-refractivity contribution >= 4 is 5.97 Å². The first-order valence-corrected chi connectivity index (χ1v) is 7.57. The minimum absolute atomic E-state index is 0.0825. The second-order valence-electron chi connectivity index (χ2n) is 6.94. The third-order valence-electron chi connectivity index (χ3n) is 4.44. The predicted octanol–water partition coefficient (Wildman–Crippen LogP) is 3.59. The number of hydrogen-bond acceptors (Lipinski definition) is 3. The van der Waals surface area contributed by atoms with Crippen LogP contribution in [-0.4, -0.2) is 21.9 Å². The van der Waals surface area contributed by atoms with Crippen LogP contribution in [-0.2, 0) is 9.53 Å². The van der Waals surface area contributed by atoms with Crippen LogP contribution in [0.15, 0.2) is 18.5 Å². The van der Waals surface area contributed by atoms with Crippen LogP contribution in [0, 0.1) is 11.3 Å². The SMILES string of the molecule is CC(C(=O)OC1CCC(C(C)(C)C)CC1)n1cccn1. The van der Waals surface area contributed by atoms with Gasteiger partial charge in [0.05, 0.1) is 0 Å². The smallest absolute Gasteiger partial charge is 0.330 e. The Bertz CT molecular complexity index is 426. The first kappa shape index (κ1) is 15.1. The molecule has 0 amide bonds. The molecule has 1 unspecified atom stereocenters. The lowest BCUT2D eigenvalue weighted by Gasteiger charge is -2.36. The minimum Gasteiger partial charge on any atom is -0.461 e. The highest BCUT2D eigenvalue weighted by atomic mass is 16.5. The summed E-state index contributed by atoms with van der Waals surface area (Å²) in [6, 6.07) is 1.48. The molecule has 0 aliphatic heterocycles. The Morgan fingerprint density at radius 2 is 1.95 bits per heavy atom. The van der Waals surface area contributed by atoms with Gasteiger partial charge in [-0.25, -0.2) is 4.79 Å². The van der Waals surface area contributed by atoms with E-state index in [0.29, 0.717) is 5.41 Å². The number of hydrogen-bond donors (Lipinski definition) is 0. The number of rotatable bonds is 3. The van der Waals surface area contributed by atoms with E-state index in [1.807, 2.05) is 13.0 Å². The molecule has 2 rings (SSSR count). The van der Waals surface area contributed by atoms with Crippen molar-refractivity contribution in [1.82, 2.24) is 9.78 Å². The summed E-state index contributed by atoms with van der Waals surface area (Å²) < 4.78 is 7.28. The van der Waals surface area contributed by atoms with Gasteiger partial charge in [-0.05, 0) is 50.0 Å². The monoisotopic (exact) mass is 278 g/mol. The first-order valence-electron chi connectivity index (χ1n) is 7.57. The van der Waals surface area contributed by atoms with Gasteiger partial charge in [0.1, 0.15) is 12.1 Å². The van der Waals surface area contributed by atoms with E-state index in [1.54, 1.807) is 17.1 Å². The van der Waals surface area contributed by atoms with Gasteiger partial charge in [-0.1, -0.05) is 20.8 Å². The van der Waals surface area contributed by atoms with Gasteiger partial charge in [0.2, 0.25) is 0 Å². The molecule has 0 bridgehead atoms. The molecule has 0 spiro atoms. The summed E-state index contributed by atoms with van der Waals surface area (Å²) in [6.07, 6.45) is 7.83. The molecule has 4 heteroatoms. The minimum atomic E-state index is -0.342. The van der Waals surface area contributed by atoms with Crippen molar-refractivity contribution in [3.63, 3.8) is 0 Å². The van der Waals surface area contributed by atoms with Gasteiger partial charge >= 0.3 is 5.97 Å². The lowest BCUT2D eigenvalue weighted by Crippen LogP contribution is -2.32. The zero-order chi connectivity index (χ0) is 14.8. The quantitative estimate of drug-likeness (QED) is 0.794. The zero-order valence-electron chi connectivity index (χ0n) is 13.0. The molecule has 0 radical (unpaired) electrons. The van der Waals surface area contributed by atoms with Gasteiger partial charge in [0.25, 0.3) is 0 Å². The number of aromatic nitrogens is 2. The summed E-state index contributed by atoms with van der Waals surface area (Å²) >= 11 is 0. The Labute approximate surface area is 121 Å². The molecule has 1 aliphatic carbocycles. The van der Waals surface area contributed by atoms with E-state index in [0.717, 1.165) is 31.6 Å². The third-order valence-corrected chi connectivity index (χ3v) is 4.44. The zero-order valence-corrected chi connectivity index (χ0v) is 13.0. The van der Waals surface area contributed by atoms with Gasteiger partial charge in [0.15, 0.2) is 0 Å². The summed E-state index contributed by atoms with van der Waals surface area (Å²) in [5.74, 6) is 0.564. The van der Waals surface area contributed by atoms with Crippen LogP contribution >= 0.6 is 0 Å². The average Bonchev–Trinajstić information content (AvgIpc) is 2.91. The van der Waals surface area contributed by atoms with Crippen molar-refractivity contribution < 1.29 is 9.53 Å². The van der Waals surface area contributed by atoms with Gasteiger partial charge in [0, 0.05) is 12.4 Å². The molecule has 1 fully saturated rings. The Balaban J connectivity index is 1.82. The molecule has 0 N–H and O–H groups in total. The van der Waals surface area contributed by atoms with E-state index in [-0.39, 0.29) is 18.1 Å². The largest absolute Gasteiger partial charge is 0.461 e. The van der Waals surface area contributed by atoms with Crippen molar-refractivity contribution in [3.05, 3.63) is 18.5 Å². The van der Waals surface area contributed by atoms with Gasteiger partial charge in [-0.2, -0.15) is 5.10 Å². The Kier molecular flexibility index (Phi) is 4.51. The Hall–Kier alpha value is -1.32. The highest BCUT2D eigenvalue weighted by Crippen LogP contribution is 2.38. The molecule has 0 saturated heterocycles. The molecular formula is C16H26N2O2. The summed E-state index contributed by atoms with van der Waals surface area (Å²) in [5.41, 5.74) is 0.358. The molecule has 20 heavy (non-hydrogen) atoms. The van der Waals surface area contributed by atoms with E-state index >= 15 is 0 Å². The van der Waals surface area contributed by atoms with Crippen LogP contribution in [0.25, 0.3) is 0 Å². The van der Waals surface area contributed by atoms with Crippen molar-refractivity contribution in [2.45, 2.75) is 65.5 Å². The maximum absolute atomic E-state index is 12.1. The van der Waals surface area contributed by atoms with Crippen molar-refractivity contribution in [1.29, 1.82) is 0 Å². The van der Waals surface area contributed by atoms with Crippen LogP contribution in [0.4, 0.5) is 0 Å². The summed E-state index contributed by atoms with van der Waals surface area (Å²) in [7, 11) is 0. The fourth-order valence-corrected chi connectivity index (χ4v) is 2.93. The molecule has 1 aromatic rings. The van der Waals surface area contributed by atoms with Gasteiger partial charge < -0.3 is 4.74 Å². The first-order chi connectivity index (χ1) is 9.38. The maximum Gasteiger partial charge on any atom is 0.330 e. The second-order valence-corrected chi connectivity index (χ2v) is 6.94. The summed E-state index contributed by atoms with van der Waals surface area (Å²) in [5, 5.41) is 4.09. The van der Waals surface area contributed by atoms with E-state index in [9.17, 15) is 4.79 Å². The van der Waals surface area contributed by atoms with Crippen molar-refractivity contribution in [2.75, 3.05) is 0 Å². The van der Waals surface area contributed by atoms with Crippen LogP contribution in [0.5, 0.6) is 0 Å². The summed E-state index contributed by atoms with van der Waals surface area (Å²) in [6.45, 7) is 8.72. The predicted molar refractivity (Wildman–Crippen MR) is 78.2 cm³/mol. The van der Waals surface area contributed by atoms with Gasteiger partial charge in [-0.3, -0.25) is 4.68 Å². The fraction of sp³-hybridized carbons (Fsp3) is 0.750. The fourth-order valence-electron chi connectivity index (χ4n) is 2.93. The number of esters is 1. The number of nitrogens with zero attached hydrogens (tertiary/aromatic N) is 2. The van der Waals surface area contributed by atoms with Crippen LogP contribution < -0.4 is 0 Å². The highest BCUT2D eigenvalue weighted by molar-refractivity contribution is 5.73. The van der Waals surface area contributed by atoms with E-state index in [4.69, 9.17) is 4.74 Å². The Morgan fingerprint density at radius 1 is 1.30 bits per heavy atom. The van der Waals surface area contributed by atoms with Crippen LogP contribution in [0.2, 0.25) is 0 Å². The molecule has 4 nitrogen and oxygen atoms in total. The standard InChI is InChI=1S/C16H26N2O2/c1-12(18-11-5-10-17-18)15(19)20-14-8-6-13(7-9-14)16(2,3)4/h5,10-14H,6-9H2,1-4H3. The Morgan fingerprint density at radius 3 is 2.45 bits per heavy atom. The second kappa shape index (κ2) is 5.98. The lowest BCUT2D eigenvalue weighted by atomic mass is 9.72. The van der Waals surface area contributed by atoms with E-state index < -0.39 is 0 Å². The molecule has 1 atom stereocenters. The molecule has 1 aromatic heterocycles.